The lowest BCUT2D eigenvalue weighted by atomic mass is 10.0. The lowest BCUT2D eigenvalue weighted by molar-refractivity contribution is 0.490. The first-order chi connectivity index (χ1) is 10.1. The highest BCUT2D eigenvalue weighted by Crippen LogP contribution is 2.08. The molecular formula is C16H32IN5. The monoisotopic (exact) mass is 421 g/mol. The fraction of sp³-hybridized carbons (Fsp3) is 0.750. The van der Waals surface area contributed by atoms with Crippen molar-refractivity contribution in [3.63, 3.8) is 0 Å². The van der Waals surface area contributed by atoms with Crippen LogP contribution in [0.5, 0.6) is 0 Å². The first kappa shape index (κ1) is 21.2. The quantitative estimate of drug-likeness (QED) is 0.279. The van der Waals surface area contributed by atoms with Crippen LogP contribution in [0, 0.1) is 5.92 Å². The zero-order valence-electron chi connectivity index (χ0n) is 14.4. The molecule has 1 unspecified atom stereocenters. The first-order valence-electron chi connectivity index (χ1n) is 8.06. The topological polar surface area (TPSA) is 54.2 Å². The molecule has 0 amide bonds. The van der Waals surface area contributed by atoms with E-state index in [0.29, 0.717) is 6.04 Å². The third-order valence-electron chi connectivity index (χ3n) is 3.44. The summed E-state index contributed by atoms with van der Waals surface area (Å²) in [5.41, 5.74) is 0. The van der Waals surface area contributed by atoms with Gasteiger partial charge in [-0.3, -0.25) is 9.67 Å². The van der Waals surface area contributed by atoms with Gasteiger partial charge in [0.1, 0.15) is 0 Å². The van der Waals surface area contributed by atoms with Gasteiger partial charge in [-0.15, -0.1) is 24.0 Å². The third-order valence-corrected chi connectivity index (χ3v) is 3.44. The summed E-state index contributed by atoms with van der Waals surface area (Å²) >= 11 is 0. The summed E-state index contributed by atoms with van der Waals surface area (Å²) in [6.07, 6.45) is 8.58. The maximum atomic E-state index is 4.28. The molecule has 1 aromatic heterocycles. The summed E-state index contributed by atoms with van der Waals surface area (Å²) < 4.78 is 1.95. The second kappa shape index (κ2) is 12.7. The Morgan fingerprint density at radius 2 is 2.00 bits per heavy atom. The van der Waals surface area contributed by atoms with Gasteiger partial charge in [0.2, 0.25) is 0 Å². The molecule has 128 valence electrons. The van der Waals surface area contributed by atoms with Gasteiger partial charge in [-0.1, -0.05) is 26.7 Å². The van der Waals surface area contributed by atoms with E-state index in [-0.39, 0.29) is 24.0 Å². The van der Waals surface area contributed by atoms with E-state index < -0.39 is 0 Å². The highest BCUT2D eigenvalue weighted by atomic mass is 127. The highest BCUT2D eigenvalue weighted by Gasteiger charge is 2.05. The van der Waals surface area contributed by atoms with Crippen molar-refractivity contribution in [2.45, 2.75) is 59.0 Å². The summed E-state index contributed by atoms with van der Waals surface area (Å²) in [4.78, 5) is 4.28. The van der Waals surface area contributed by atoms with Gasteiger partial charge in [0.25, 0.3) is 0 Å². The number of aryl methyl sites for hydroxylation is 1. The van der Waals surface area contributed by atoms with Crippen molar-refractivity contribution in [3.05, 3.63) is 18.5 Å². The molecule has 0 aliphatic heterocycles. The molecule has 5 nitrogen and oxygen atoms in total. The van der Waals surface area contributed by atoms with Crippen LogP contribution in [0.2, 0.25) is 0 Å². The van der Waals surface area contributed by atoms with Crippen molar-refractivity contribution in [1.29, 1.82) is 0 Å². The molecule has 1 heterocycles. The Kier molecular flexibility index (Phi) is 12.3. The molecule has 0 saturated heterocycles. The molecule has 0 bridgehead atoms. The van der Waals surface area contributed by atoms with Crippen molar-refractivity contribution in [2.24, 2.45) is 10.9 Å². The van der Waals surface area contributed by atoms with E-state index in [2.05, 4.69) is 41.5 Å². The summed E-state index contributed by atoms with van der Waals surface area (Å²) in [5, 5.41) is 11.0. The predicted molar refractivity (Wildman–Crippen MR) is 105 cm³/mol. The van der Waals surface area contributed by atoms with Crippen LogP contribution < -0.4 is 10.6 Å². The predicted octanol–water partition coefficient (Wildman–Crippen LogP) is 3.27. The van der Waals surface area contributed by atoms with Crippen molar-refractivity contribution < 1.29 is 0 Å². The molecule has 0 fully saturated rings. The Morgan fingerprint density at radius 1 is 1.23 bits per heavy atom. The number of halogens is 1. The van der Waals surface area contributed by atoms with Crippen LogP contribution in [0.3, 0.4) is 0 Å². The lowest BCUT2D eigenvalue weighted by Gasteiger charge is -2.18. The van der Waals surface area contributed by atoms with E-state index >= 15 is 0 Å². The molecule has 0 saturated carbocycles. The van der Waals surface area contributed by atoms with Gasteiger partial charge in [-0.25, -0.2) is 0 Å². The Labute approximate surface area is 152 Å². The van der Waals surface area contributed by atoms with E-state index in [0.717, 1.165) is 31.4 Å². The fourth-order valence-corrected chi connectivity index (χ4v) is 2.21. The molecule has 0 spiro atoms. The Bertz CT molecular complexity index is 389. The molecule has 1 atom stereocenters. The van der Waals surface area contributed by atoms with Gasteiger partial charge in [0.15, 0.2) is 5.96 Å². The van der Waals surface area contributed by atoms with E-state index in [1.54, 1.807) is 0 Å². The second-order valence-corrected chi connectivity index (χ2v) is 5.99. The summed E-state index contributed by atoms with van der Waals surface area (Å²) in [5.74, 6) is 1.68. The molecule has 1 rings (SSSR count). The summed E-state index contributed by atoms with van der Waals surface area (Å²) in [6, 6.07) is 2.41. The van der Waals surface area contributed by atoms with Crippen molar-refractivity contribution >= 4 is 29.9 Å². The molecule has 2 N–H and O–H groups in total. The van der Waals surface area contributed by atoms with E-state index in [1.807, 2.05) is 30.2 Å². The minimum absolute atomic E-state index is 0. The van der Waals surface area contributed by atoms with Gasteiger partial charge >= 0.3 is 0 Å². The third kappa shape index (κ3) is 10.0. The van der Waals surface area contributed by atoms with Crippen molar-refractivity contribution in [3.8, 4) is 0 Å². The average molecular weight is 421 g/mol. The van der Waals surface area contributed by atoms with Gasteiger partial charge in [-0.05, 0) is 31.7 Å². The lowest BCUT2D eigenvalue weighted by Crippen LogP contribution is -2.42. The van der Waals surface area contributed by atoms with Crippen LogP contribution in [0.4, 0.5) is 0 Å². The minimum Gasteiger partial charge on any atom is -0.356 e. The Balaban J connectivity index is 0.00000441. The molecule has 0 aliphatic rings. The van der Waals surface area contributed by atoms with E-state index in [4.69, 9.17) is 0 Å². The van der Waals surface area contributed by atoms with E-state index in [1.165, 1.54) is 19.3 Å². The number of hydrogen-bond donors (Lipinski definition) is 2. The maximum Gasteiger partial charge on any atom is 0.191 e. The minimum atomic E-state index is 0. The largest absolute Gasteiger partial charge is 0.356 e. The number of aliphatic imine (C=N–C) groups is 1. The highest BCUT2D eigenvalue weighted by molar-refractivity contribution is 14.0. The smallest absolute Gasteiger partial charge is 0.191 e. The first-order valence-corrected chi connectivity index (χ1v) is 8.06. The average Bonchev–Trinajstić information content (AvgIpc) is 2.95. The maximum absolute atomic E-state index is 4.28. The van der Waals surface area contributed by atoms with Crippen LogP contribution >= 0.6 is 24.0 Å². The number of nitrogens with one attached hydrogen (secondary N) is 2. The number of aromatic nitrogens is 2. The normalized spacial score (nSPS) is 12.9. The zero-order valence-corrected chi connectivity index (χ0v) is 16.7. The number of nitrogens with zero attached hydrogens (tertiary/aromatic N) is 3. The van der Waals surface area contributed by atoms with Crippen LogP contribution in [0.15, 0.2) is 23.5 Å². The van der Waals surface area contributed by atoms with Gasteiger partial charge in [-0.2, -0.15) is 5.10 Å². The Hall–Kier alpha value is -0.790. The second-order valence-electron chi connectivity index (χ2n) is 5.99. The van der Waals surface area contributed by atoms with Crippen molar-refractivity contribution in [1.82, 2.24) is 20.4 Å². The van der Waals surface area contributed by atoms with Gasteiger partial charge < -0.3 is 10.6 Å². The molecule has 0 radical (unpaired) electrons. The molecule has 22 heavy (non-hydrogen) atoms. The van der Waals surface area contributed by atoms with Crippen molar-refractivity contribution in [2.75, 3.05) is 13.6 Å². The van der Waals surface area contributed by atoms with Crippen LogP contribution in [-0.2, 0) is 6.54 Å². The van der Waals surface area contributed by atoms with E-state index in [9.17, 15) is 0 Å². The fourth-order valence-electron chi connectivity index (χ4n) is 2.21. The molecule has 6 heteroatoms. The Morgan fingerprint density at radius 3 is 2.59 bits per heavy atom. The molecular weight excluding hydrogens is 389 g/mol. The number of rotatable bonds is 9. The van der Waals surface area contributed by atoms with Crippen LogP contribution in [0.25, 0.3) is 0 Å². The van der Waals surface area contributed by atoms with Gasteiger partial charge in [0.05, 0.1) is 0 Å². The molecule has 0 aromatic carbocycles. The molecule has 0 aliphatic carbocycles. The van der Waals surface area contributed by atoms with Crippen LogP contribution in [-0.4, -0.2) is 35.4 Å². The molecule has 1 aromatic rings. The van der Waals surface area contributed by atoms with Gasteiger partial charge in [0, 0.05) is 38.6 Å². The zero-order chi connectivity index (χ0) is 15.5. The standard InChI is InChI=1S/C16H31N5.HI/c1-14(2)8-5-9-15(3)20-16(17-4)18-10-6-12-21-13-7-11-19-21;/h7,11,13-15H,5-6,8-10,12H2,1-4H3,(H2,17,18,20);1H. The number of guanidine groups is 1. The number of hydrogen-bond acceptors (Lipinski definition) is 2. The van der Waals surface area contributed by atoms with Crippen LogP contribution in [0.1, 0.15) is 46.5 Å². The SMILES string of the molecule is CN=C(NCCCn1cccn1)NC(C)CCCC(C)C.I. The summed E-state index contributed by atoms with van der Waals surface area (Å²) in [6.45, 7) is 8.60. The summed E-state index contributed by atoms with van der Waals surface area (Å²) in [7, 11) is 1.82.